The third-order valence-corrected chi connectivity index (χ3v) is 4.83. The summed E-state index contributed by atoms with van der Waals surface area (Å²) in [5, 5.41) is -0.308. The molecule has 2 aliphatic heterocycles. The third-order valence-electron chi connectivity index (χ3n) is 3.47. The molecule has 0 saturated carbocycles. The molecule has 0 aromatic carbocycles. The van der Waals surface area contributed by atoms with Crippen molar-refractivity contribution in [2.24, 2.45) is 5.73 Å². The molecule has 2 rings (SSSR count). The van der Waals surface area contributed by atoms with Crippen LogP contribution in [-0.4, -0.2) is 66.2 Å². The number of ether oxygens (including phenoxy) is 4. The SMILES string of the molecule is COCC1=C(C(=O)OC(C)OC(=O)OC(C)C)N2C(=O)[C@@H](N)C2SC1. The Morgan fingerprint density at radius 1 is 1.28 bits per heavy atom. The normalized spacial score (nSPS) is 23.8. The molecule has 0 aromatic rings. The van der Waals surface area contributed by atoms with Crippen molar-refractivity contribution in [3.8, 4) is 0 Å². The average molecular weight is 374 g/mol. The number of carbonyl (C=O) groups is 3. The van der Waals surface area contributed by atoms with Crippen LogP contribution in [0, 0.1) is 0 Å². The topological polar surface area (TPSA) is 117 Å². The first kappa shape index (κ1) is 19.5. The van der Waals surface area contributed by atoms with Gasteiger partial charge in [0.2, 0.25) is 12.2 Å². The summed E-state index contributed by atoms with van der Waals surface area (Å²) in [7, 11) is 1.49. The molecule has 2 unspecified atom stereocenters. The number of thioether (sulfide) groups is 1. The van der Waals surface area contributed by atoms with E-state index in [1.165, 1.54) is 30.7 Å². The van der Waals surface area contributed by atoms with Gasteiger partial charge in [-0.05, 0) is 19.4 Å². The summed E-state index contributed by atoms with van der Waals surface area (Å²) in [6.07, 6.45) is -2.48. The fraction of sp³-hybridized carbons (Fsp3) is 0.667. The maximum absolute atomic E-state index is 12.5. The second-order valence-corrected chi connectivity index (χ2v) is 6.93. The molecule has 0 bridgehead atoms. The van der Waals surface area contributed by atoms with E-state index in [4.69, 9.17) is 24.7 Å². The van der Waals surface area contributed by atoms with Gasteiger partial charge in [0.25, 0.3) is 0 Å². The molecule has 2 aliphatic rings. The van der Waals surface area contributed by atoms with Gasteiger partial charge in [0.15, 0.2) is 0 Å². The maximum atomic E-state index is 12.5. The fourth-order valence-corrected chi connectivity index (χ4v) is 3.71. The molecule has 0 radical (unpaired) electrons. The zero-order valence-electron chi connectivity index (χ0n) is 14.5. The zero-order valence-corrected chi connectivity index (χ0v) is 15.3. The number of esters is 1. The monoisotopic (exact) mass is 374 g/mol. The highest BCUT2D eigenvalue weighted by Crippen LogP contribution is 2.39. The average Bonchev–Trinajstić information content (AvgIpc) is 2.52. The molecule has 1 fully saturated rings. The Morgan fingerprint density at radius 3 is 2.56 bits per heavy atom. The summed E-state index contributed by atoms with van der Waals surface area (Å²) in [6, 6.07) is -0.647. The smallest absolute Gasteiger partial charge is 0.431 e. The van der Waals surface area contributed by atoms with Gasteiger partial charge in [-0.2, -0.15) is 0 Å². The van der Waals surface area contributed by atoms with E-state index in [2.05, 4.69) is 0 Å². The molecule has 9 nitrogen and oxygen atoms in total. The fourth-order valence-electron chi connectivity index (χ4n) is 2.44. The predicted octanol–water partition coefficient (Wildman–Crippen LogP) is 0.580. The molecule has 0 aliphatic carbocycles. The summed E-state index contributed by atoms with van der Waals surface area (Å²) in [4.78, 5) is 37.3. The van der Waals surface area contributed by atoms with E-state index >= 15 is 0 Å². The molecular weight excluding hydrogens is 352 g/mol. The highest BCUT2D eigenvalue weighted by atomic mass is 32.2. The molecular formula is C15H22N2O7S. The van der Waals surface area contributed by atoms with E-state index in [-0.39, 0.29) is 29.7 Å². The van der Waals surface area contributed by atoms with Gasteiger partial charge in [-0.15, -0.1) is 11.8 Å². The van der Waals surface area contributed by atoms with Crippen LogP contribution in [0.1, 0.15) is 20.8 Å². The largest absolute Gasteiger partial charge is 0.511 e. The summed E-state index contributed by atoms with van der Waals surface area (Å²) in [5.41, 5.74) is 6.49. The second kappa shape index (κ2) is 8.07. The number of nitrogens with zero attached hydrogens (tertiary/aromatic N) is 1. The number of nitrogens with two attached hydrogens (primary N) is 1. The van der Waals surface area contributed by atoms with Crippen molar-refractivity contribution in [3.63, 3.8) is 0 Å². The van der Waals surface area contributed by atoms with Crippen molar-refractivity contribution in [1.82, 2.24) is 4.90 Å². The molecule has 10 heteroatoms. The van der Waals surface area contributed by atoms with Crippen molar-refractivity contribution in [2.45, 2.75) is 44.6 Å². The molecule has 0 aromatic heterocycles. The van der Waals surface area contributed by atoms with Gasteiger partial charge in [0.1, 0.15) is 17.1 Å². The molecule has 1 saturated heterocycles. The standard InChI is InChI=1S/C15H22N2O7S/c1-7(2)22-15(20)24-8(3)23-14(19)11-9(5-21-4)6-25-13-10(16)12(18)17(11)13/h7-8,10,13H,5-6,16H2,1-4H3/t8?,10-,13?/m1/s1. The second-order valence-electron chi connectivity index (χ2n) is 5.83. The number of fused-ring (bicyclic) bond motifs is 1. The molecule has 25 heavy (non-hydrogen) atoms. The summed E-state index contributed by atoms with van der Waals surface area (Å²) in [6.45, 7) is 4.89. The van der Waals surface area contributed by atoms with Gasteiger partial charge >= 0.3 is 12.1 Å². The number of rotatable bonds is 6. The molecule has 2 N–H and O–H groups in total. The first-order valence-corrected chi connectivity index (χ1v) is 8.80. The minimum absolute atomic E-state index is 0.102. The Balaban J connectivity index is 2.08. The lowest BCUT2D eigenvalue weighted by molar-refractivity contribution is -0.169. The van der Waals surface area contributed by atoms with Crippen LogP contribution < -0.4 is 5.73 Å². The third kappa shape index (κ3) is 4.25. The van der Waals surface area contributed by atoms with Crippen LogP contribution in [0.3, 0.4) is 0 Å². The van der Waals surface area contributed by atoms with Gasteiger partial charge in [-0.1, -0.05) is 0 Å². The number of carbonyl (C=O) groups excluding carboxylic acids is 3. The van der Waals surface area contributed by atoms with Gasteiger partial charge in [-0.25, -0.2) is 9.59 Å². The quantitative estimate of drug-likeness (QED) is 0.404. The predicted molar refractivity (Wildman–Crippen MR) is 88.2 cm³/mol. The van der Waals surface area contributed by atoms with Crippen LogP contribution in [0.4, 0.5) is 4.79 Å². The molecule has 3 atom stereocenters. The Labute approximate surface area is 149 Å². The Morgan fingerprint density at radius 2 is 1.96 bits per heavy atom. The number of hydrogen-bond acceptors (Lipinski definition) is 9. The van der Waals surface area contributed by atoms with Crippen LogP contribution in [0.5, 0.6) is 0 Å². The number of hydrogen-bond donors (Lipinski definition) is 1. The van der Waals surface area contributed by atoms with Crippen molar-refractivity contribution >= 4 is 29.8 Å². The van der Waals surface area contributed by atoms with Crippen molar-refractivity contribution in [2.75, 3.05) is 19.5 Å². The van der Waals surface area contributed by atoms with E-state index in [1.807, 2.05) is 0 Å². The minimum Gasteiger partial charge on any atom is -0.431 e. The lowest BCUT2D eigenvalue weighted by atomic mass is 10.0. The van der Waals surface area contributed by atoms with E-state index in [1.54, 1.807) is 13.8 Å². The van der Waals surface area contributed by atoms with E-state index in [9.17, 15) is 14.4 Å². The highest BCUT2D eigenvalue weighted by Gasteiger charge is 2.52. The Bertz CT molecular complexity index is 592. The van der Waals surface area contributed by atoms with Crippen molar-refractivity contribution in [3.05, 3.63) is 11.3 Å². The van der Waals surface area contributed by atoms with Gasteiger partial charge < -0.3 is 24.7 Å². The number of β-lactam (4-membered cyclic amide) rings is 1. The first-order valence-electron chi connectivity index (χ1n) is 7.75. The van der Waals surface area contributed by atoms with Crippen LogP contribution in [0.2, 0.25) is 0 Å². The van der Waals surface area contributed by atoms with Gasteiger partial charge in [0.05, 0.1) is 12.7 Å². The van der Waals surface area contributed by atoms with Crippen LogP contribution in [0.15, 0.2) is 11.3 Å². The molecule has 140 valence electrons. The Kier molecular flexibility index (Phi) is 6.31. The van der Waals surface area contributed by atoms with Crippen molar-refractivity contribution < 1.29 is 33.3 Å². The molecule has 2 heterocycles. The summed E-state index contributed by atoms with van der Waals surface area (Å²) in [5.74, 6) is -0.640. The maximum Gasteiger partial charge on any atom is 0.511 e. The lowest BCUT2D eigenvalue weighted by Crippen LogP contribution is -2.68. The van der Waals surface area contributed by atoms with Crippen LogP contribution in [0.25, 0.3) is 0 Å². The number of methoxy groups -OCH3 is 1. The van der Waals surface area contributed by atoms with Gasteiger partial charge in [-0.3, -0.25) is 9.69 Å². The minimum atomic E-state index is -1.17. The molecule has 0 spiro atoms. The highest BCUT2D eigenvalue weighted by molar-refractivity contribution is 8.00. The number of amides is 1. The van der Waals surface area contributed by atoms with Crippen LogP contribution in [-0.2, 0) is 28.5 Å². The summed E-state index contributed by atoms with van der Waals surface area (Å²) >= 11 is 1.46. The van der Waals surface area contributed by atoms with E-state index < -0.39 is 24.5 Å². The summed E-state index contributed by atoms with van der Waals surface area (Å²) < 4.78 is 19.9. The van der Waals surface area contributed by atoms with Crippen molar-refractivity contribution in [1.29, 1.82) is 0 Å². The van der Waals surface area contributed by atoms with Gasteiger partial charge in [0, 0.05) is 19.8 Å². The van der Waals surface area contributed by atoms with E-state index in [0.29, 0.717) is 11.3 Å². The van der Waals surface area contributed by atoms with Crippen LogP contribution >= 0.6 is 11.8 Å². The Hall–Kier alpha value is -1.78. The zero-order chi connectivity index (χ0) is 18.7. The lowest BCUT2D eigenvalue weighted by Gasteiger charge is -2.48. The first-order chi connectivity index (χ1) is 11.8. The van der Waals surface area contributed by atoms with E-state index in [0.717, 1.165) is 0 Å². The molecule has 1 amide bonds.